The second-order valence-corrected chi connectivity index (χ2v) is 10.8. The van der Waals surface area contributed by atoms with Crippen LogP contribution in [0.4, 0.5) is 10.9 Å². The zero-order valence-corrected chi connectivity index (χ0v) is 23.0. The summed E-state index contributed by atoms with van der Waals surface area (Å²) in [4.78, 5) is 16.5. The zero-order valence-electron chi connectivity index (χ0n) is 22.2. The molecule has 0 saturated carbocycles. The summed E-state index contributed by atoms with van der Waals surface area (Å²) in [6.45, 7) is 8.61. The lowest BCUT2D eigenvalue weighted by Crippen LogP contribution is -2.44. The summed E-state index contributed by atoms with van der Waals surface area (Å²) >= 11 is 1.58. The van der Waals surface area contributed by atoms with Crippen LogP contribution < -0.4 is 10.1 Å². The number of ether oxygens (including phenoxy) is 2. The van der Waals surface area contributed by atoms with Crippen LogP contribution in [-0.4, -0.2) is 73.7 Å². The van der Waals surface area contributed by atoms with E-state index in [0.717, 1.165) is 79.4 Å². The van der Waals surface area contributed by atoms with Gasteiger partial charge in [-0.2, -0.15) is 5.10 Å². The van der Waals surface area contributed by atoms with Gasteiger partial charge in [-0.15, -0.1) is 11.3 Å². The Kier molecular flexibility index (Phi) is 7.14. The number of morpholine rings is 1. The van der Waals surface area contributed by atoms with E-state index in [1.165, 1.54) is 24.1 Å². The van der Waals surface area contributed by atoms with Crippen LogP contribution in [0.2, 0.25) is 0 Å². The molecule has 2 aliphatic rings. The largest absolute Gasteiger partial charge is 0.479 e. The minimum absolute atomic E-state index is 0.377. The zero-order chi connectivity index (χ0) is 26.1. The minimum Gasteiger partial charge on any atom is -0.479 e. The predicted molar refractivity (Wildman–Crippen MR) is 148 cm³/mol. The fraction of sp³-hybridized carbons (Fsp3) is 0.481. The minimum atomic E-state index is 0.377. The van der Waals surface area contributed by atoms with E-state index in [-0.39, 0.29) is 0 Å². The number of rotatable bonds is 8. The summed E-state index contributed by atoms with van der Waals surface area (Å²) in [5, 5.41) is 11.6. The number of thiazole rings is 1. The van der Waals surface area contributed by atoms with Gasteiger partial charge < -0.3 is 19.4 Å². The second kappa shape index (κ2) is 10.8. The predicted octanol–water partition coefficient (Wildman–Crippen LogP) is 4.25. The monoisotopic (exact) mass is 534 g/mol. The third-order valence-corrected chi connectivity index (χ3v) is 8.10. The summed E-state index contributed by atoms with van der Waals surface area (Å²) < 4.78 is 15.2. The Morgan fingerprint density at radius 3 is 2.76 bits per heavy atom. The molecule has 1 aliphatic heterocycles. The molecule has 10 nitrogen and oxygen atoms in total. The molecule has 1 saturated heterocycles. The lowest BCUT2D eigenvalue weighted by Gasteiger charge is -2.32. The molecule has 4 aromatic heterocycles. The molecule has 200 valence electrons. The Labute approximate surface area is 226 Å². The van der Waals surface area contributed by atoms with E-state index in [1.807, 2.05) is 35.2 Å². The molecule has 0 bridgehead atoms. The van der Waals surface area contributed by atoms with E-state index in [0.29, 0.717) is 11.9 Å². The maximum Gasteiger partial charge on any atom is 0.238 e. The van der Waals surface area contributed by atoms with Crippen molar-refractivity contribution in [2.75, 3.05) is 38.7 Å². The first kappa shape index (κ1) is 25.0. The third kappa shape index (κ3) is 5.05. The quantitative estimate of drug-likeness (QED) is 0.359. The van der Waals surface area contributed by atoms with Gasteiger partial charge in [0, 0.05) is 36.3 Å². The Bertz CT molecular complexity index is 1400. The highest BCUT2D eigenvalue weighted by molar-refractivity contribution is 7.14. The summed E-state index contributed by atoms with van der Waals surface area (Å²) in [7, 11) is 1.63. The van der Waals surface area contributed by atoms with Crippen LogP contribution in [-0.2, 0) is 24.1 Å². The molecule has 38 heavy (non-hydrogen) atoms. The normalized spacial score (nSPS) is 16.8. The van der Waals surface area contributed by atoms with Gasteiger partial charge in [0.1, 0.15) is 17.2 Å². The van der Waals surface area contributed by atoms with Gasteiger partial charge >= 0.3 is 0 Å². The van der Waals surface area contributed by atoms with Gasteiger partial charge in [-0.1, -0.05) is 0 Å². The van der Waals surface area contributed by atoms with E-state index < -0.39 is 0 Å². The van der Waals surface area contributed by atoms with Crippen LogP contribution in [0.15, 0.2) is 30.0 Å². The van der Waals surface area contributed by atoms with Crippen molar-refractivity contribution in [3.05, 3.63) is 47.0 Å². The highest BCUT2D eigenvalue weighted by Gasteiger charge is 2.25. The van der Waals surface area contributed by atoms with Crippen LogP contribution in [0.5, 0.6) is 5.88 Å². The summed E-state index contributed by atoms with van der Waals surface area (Å²) in [5.74, 6) is 1.61. The molecule has 4 aromatic rings. The van der Waals surface area contributed by atoms with E-state index in [1.54, 1.807) is 24.8 Å². The van der Waals surface area contributed by atoms with Crippen LogP contribution >= 0.6 is 11.3 Å². The van der Waals surface area contributed by atoms with Gasteiger partial charge in [0.25, 0.3) is 0 Å². The number of nitrogens with zero attached hydrogens (tertiary/aromatic N) is 7. The number of hydrogen-bond donors (Lipinski definition) is 1. The molecule has 1 N–H and O–H groups in total. The van der Waals surface area contributed by atoms with Gasteiger partial charge in [0.2, 0.25) is 5.88 Å². The maximum absolute atomic E-state index is 5.60. The van der Waals surface area contributed by atoms with Gasteiger partial charge in [-0.3, -0.25) is 4.90 Å². The van der Waals surface area contributed by atoms with Crippen molar-refractivity contribution in [2.45, 2.75) is 52.1 Å². The average molecular weight is 535 g/mol. The number of fused-ring (bicyclic) bond motifs is 1. The first-order valence-electron chi connectivity index (χ1n) is 13.3. The van der Waals surface area contributed by atoms with Crippen molar-refractivity contribution in [3.8, 4) is 23.0 Å². The van der Waals surface area contributed by atoms with E-state index in [2.05, 4.69) is 26.8 Å². The van der Waals surface area contributed by atoms with Gasteiger partial charge in [-0.05, 0) is 51.7 Å². The van der Waals surface area contributed by atoms with E-state index in [9.17, 15) is 0 Å². The van der Waals surface area contributed by atoms with E-state index in [4.69, 9.17) is 24.5 Å². The highest BCUT2D eigenvalue weighted by Crippen LogP contribution is 2.34. The van der Waals surface area contributed by atoms with Crippen molar-refractivity contribution in [2.24, 2.45) is 0 Å². The summed E-state index contributed by atoms with van der Waals surface area (Å²) in [6.07, 6.45) is 8.21. The van der Waals surface area contributed by atoms with Gasteiger partial charge in [-0.25, -0.2) is 19.6 Å². The standard InChI is InChI=1S/C27H34N8O2S/c1-18-14-34(17-28-18)24-9-8-22(29-26(24)36-3)23-16-38-27(30-23)31-25-20-6-4-5-7-21(20)32-35(25)15-19(2)33-10-12-37-13-11-33/h8-9,14,16-17,19H,4-7,10-13,15H2,1-3H3,(H,30,31). The molecular weight excluding hydrogens is 500 g/mol. The van der Waals surface area contributed by atoms with Crippen molar-refractivity contribution in [3.63, 3.8) is 0 Å². The molecule has 1 aliphatic carbocycles. The van der Waals surface area contributed by atoms with Gasteiger partial charge in [0.05, 0.1) is 50.3 Å². The van der Waals surface area contributed by atoms with Crippen molar-refractivity contribution in [1.29, 1.82) is 0 Å². The lowest BCUT2D eigenvalue weighted by molar-refractivity contribution is 0.0164. The molecular formula is C27H34N8O2S. The molecule has 1 atom stereocenters. The molecule has 0 amide bonds. The molecule has 0 radical (unpaired) electrons. The van der Waals surface area contributed by atoms with Crippen molar-refractivity contribution >= 4 is 22.3 Å². The molecule has 5 heterocycles. The summed E-state index contributed by atoms with van der Waals surface area (Å²) in [5.41, 5.74) is 5.92. The second-order valence-electron chi connectivity index (χ2n) is 9.97. The van der Waals surface area contributed by atoms with Crippen LogP contribution in [0.3, 0.4) is 0 Å². The first-order valence-corrected chi connectivity index (χ1v) is 14.2. The van der Waals surface area contributed by atoms with E-state index >= 15 is 0 Å². The number of hydrogen-bond acceptors (Lipinski definition) is 9. The number of anilines is 2. The fourth-order valence-corrected chi connectivity index (χ4v) is 5.99. The average Bonchev–Trinajstić information content (AvgIpc) is 3.68. The molecule has 1 unspecified atom stereocenters. The molecule has 1 fully saturated rings. The highest BCUT2D eigenvalue weighted by atomic mass is 32.1. The van der Waals surface area contributed by atoms with Crippen molar-refractivity contribution < 1.29 is 9.47 Å². The Morgan fingerprint density at radius 2 is 1.97 bits per heavy atom. The third-order valence-electron chi connectivity index (χ3n) is 7.35. The number of aromatic nitrogens is 6. The SMILES string of the molecule is COc1nc(-c2csc(Nc3c4c(nn3CC(C)N3CCOCC3)CCCC4)n2)ccc1-n1cnc(C)c1. The maximum atomic E-state index is 5.60. The Hall–Kier alpha value is -3.28. The molecule has 6 rings (SSSR count). The fourth-order valence-electron chi connectivity index (χ4n) is 5.29. The van der Waals surface area contributed by atoms with Crippen LogP contribution in [0, 0.1) is 6.92 Å². The lowest BCUT2D eigenvalue weighted by atomic mass is 9.97. The van der Waals surface area contributed by atoms with Gasteiger partial charge in [0.15, 0.2) is 5.13 Å². The van der Waals surface area contributed by atoms with Crippen LogP contribution in [0.1, 0.15) is 36.7 Å². The number of methoxy groups -OCH3 is 1. The van der Waals surface area contributed by atoms with Crippen molar-refractivity contribution in [1.82, 2.24) is 34.2 Å². The Balaban J connectivity index is 1.25. The molecule has 11 heteroatoms. The number of imidazole rings is 1. The molecule has 0 spiro atoms. The smallest absolute Gasteiger partial charge is 0.238 e. The number of pyridine rings is 1. The molecule has 0 aromatic carbocycles. The number of aryl methyl sites for hydroxylation is 2. The topological polar surface area (TPSA) is 95.1 Å². The first-order chi connectivity index (χ1) is 18.6. The summed E-state index contributed by atoms with van der Waals surface area (Å²) in [6, 6.07) is 4.34. The Morgan fingerprint density at radius 1 is 1.13 bits per heavy atom. The number of nitrogens with one attached hydrogen (secondary N) is 1. The van der Waals surface area contributed by atoms with Crippen LogP contribution in [0.25, 0.3) is 17.1 Å².